The largest absolute Gasteiger partial charge is 0.325 e. The van der Waals surface area contributed by atoms with Gasteiger partial charge in [0, 0.05) is 6.54 Å². The molecule has 0 radical (unpaired) electrons. The minimum absolute atomic E-state index is 0.585. The molecule has 3 nitrogen and oxygen atoms in total. The molecule has 78 valence electrons. The molecule has 1 aromatic heterocycles. The third-order valence-corrected chi connectivity index (χ3v) is 3.24. The summed E-state index contributed by atoms with van der Waals surface area (Å²) in [5, 5.41) is 7.02. The molecule has 0 saturated heterocycles. The van der Waals surface area contributed by atoms with E-state index in [0.29, 0.717) is 6.54 Å². The standard InChI is InChI=1S/C11H19N3/c12-7-11-10(8-13-14-11)6-9-4-2-1-3-5-9/h8-9H,1-7,12H2,(H,13,14). The maximum absolute atomic E-state index is 5.63. The van der Waals surface area contributed by atoms with Crippen LogP contribution in [0, 0.1) is 5.92 Å². The molecule has 1 heterocycles. The third-order valence-electron chi connectivity index (χ3n) is 3.24. The summed E-state index contributed by atoms with van der Waals surface area (Å²) >= 11 is 0. The molecule has 0 spiro atoms. The second-order valence-corrected chi connectivity index (χ2v) is 4.29. The number of rotatable bonds is 3. The quantitative estimate of drug-likeness (QED) is 0.771. The van der Waals surface area contributed by atoms with E-state index in [2.05, 4.69) is 10.2 Å². The Morgan fingerprint density at radius 3 is 2.86 bits per heavy atom. The van der Waals surface area contributed by atoms with Gasteiger partial charge in [-0.15, -0.1) is 0 Å². The highest BCUT2D eigenvalue weighted by Crippen LogP contribution is 2.27. The van der Waals surface area contributed by atoms with Crippen molar-refractivity contribution in [3.63, 3.8) is 0 Å². The van der Waals surface area contributed by atoms with Crippen molar-refractivity contribution >= 4 is 0 Å². The van der Waals surface area contributed by atoms with Crippen LogP contribution in [0.15, 0.2) is 6.20 Å². The van der Waals surface area contributed by atoms with Gasteiger partial charge in [0.25, 0.3) is 0 Å². The zero-order chi connectivity index (χ0) is 9.80. The summed E-state index contributed by atoms with van der Waals surface area (Å²) < 4.78 is 0. The first-order valence-electron chi connectivity index (χ1n) is 5.61. The fourth-order valence-electron chi connectivity index (χ4n) is 2.39. The number of H-pyrrole nitrogens is 1. The number of hydrogen-bond acceptors (Lipinski definition) is 2. The monoisotopic (exact) mass is 193 g/mol. The van der Waals surface area contributed by atoms with E-state index in [1.165, 1.54) is 44.1 Å². The molecule has 1 aromatic rings. The lowest BCUT2D eigenvalue weighted by atomic mass is 9.85. The lowest BCUT2D eigenvalue weighted by Gasteiger charge is -2.21. The minimum atomic E-state index is 0.585. The number of aromatic amines is 1. The highest BCUT2D eigenvalue weighted by Gasteiger charge is 2.15. The van der Waals surface area contributed by atoms with Crippen LogP contribution in [0.3, 0.4) is 0 Å². The summed E-state index contributed by atoms with van der Waals surface area (Å²) in [6.07, 6.45) is 10.1. The van der Waals surface area contributed by atoms with Gasteiger partial charge in [-0.2, -0.15) is 5.10 Å². The number of aromatic nitrogens is 2. The van der Waals surface area contributed by atoms with Crippen molar-refractivity contribution in [2.24, 2.45) is 11.7 Å². The maximum atomic E-state index is 5.63. The summed E-state index contributed by atoms with van der Waals surface area (Å²) in [7, 11) is 0. The van der Waals surface area contributed by atoms with Crippen LogP contribution in [0.1, 0.15) is 43.4 Å². The molecule has 0 amide bonds. The first kappa shape index (κ1) is 9.71. The first-order chi connectivity index (χ1) is 6.90. The number of nitrogens with zero attached hydrogens (tertiary/aromatic N) is 1. The van der Waals surface area contributed by atoms with Gasteiger partial charge in [-0.1, -0.05) is 32.1 Å². The molecule has 0 aromatic carbocycles. The first-order valence-corrected chi connectivity index (χ1v) is 5.61. The molecule has 3 N–H and O–H groups in total. The van der Waals surface area contributed by atoms with Crippen LogP contribution in [-0.2, 0) is 13.0 Å². The smallest absolute Gasteiger partial charge is 0.0522 e. The number of nitrogens with one attached hydrogen (secondary N) is 1. The zero-order valence-electron chi connectivity index (χ0n) is 8.63. The van der Waals surface area contributed by atoms with E-state index in [1.807, 2.05) is 6.20 Å². The molecule has 1 fully saturated rings. The van der Waals surface area contributed by atoms with Gasteiger partial charge in [0.1, 0.15) is 0 Å². The normalized spacial score (nSPS) is 18.6. The minimum Gasteiger partial charge on any atom is -0.325 e. The summed E-state index contributed by atoms with van der Waals surface area (Å²) in [5.41, 5.74) is 8.08. The van der Waals surface area contributed by atoms with Gasteiger partial charge in [-0.25, -0.2) is 0 Å². The molecule has 14 heavy (non-hydrogen) atoms. The highest BCUT2D eigenvalue weighted by molar-refractivity contribution is 5.16. The summed E-state index contributed by atoms with van der Waals surface area (Å²) in [4.78, 5) is 0. The topological polar surface area (TPSA) is 54.7 Å². The molecule has 0 aliphatic heterocycles. The van der Waals surface area contributed by atoms with E-state index in [-0.39, 0.29) is 0 Å². The SMILES string of the molecule is NCc1[nH]ncc1CC1CCCCC1. The third kappa shape index (κ3) is 2.15. The Labute approximate surface area is 85.1 Å². The van der Waals surface area contributed by atoms with Crippen molar-refractivity contribution in [3.8, 4) is 0 Å². The van der Waals surface area contributed by atoms with Crippen LogP contribution in [0.25, 0.3) is 0 Å². The fourth-order valence-corrected chi connectivity index (χ4v) is 2.39. The Kier molecular flexibility index (Phi) is 3.19. The molecule has 1 aliphatic rings. The number of hydrogen-bond donors (Lipinski definition) is 2. The molecule has 3 heteroatoms. The summed E-state index contributed by atoms with van der Waals surface area (Å²) in [5.74, 6) is 0.867. The van der Waals surface area contributed by atoms with Crippen LogP contribution < -0.4 is 5.73 Å². The van der Waals surface area contributed by atoms with E-state index in [0.717, 1.165) is 11.6 Å². The Balaban J connectivity index is 1.95. The van der Waals surface area contributed by atoms with Gasteiger partial charge in [-0.05, 0) is 17.9 Å². The van der Waals surface area contributed by atoms with E-state index in [1.54, 1.807) is 0 Å². The van der Waals surface area contributed by atoms with Crippen molar-refractivity contribution in [2.45, 2.75) is 45.1 Å². The van der Waals surface area contributed by atoms with Crippen LogP contribution in [0.5, 0.6) is 0 Å². The fraction of sp³-hybridized carbons (Fsp3) is 0.727. The zero-order valence-corrected chi connectivity index (χ0v) is 8.63. The van der Waals surface area contributed by atoms with Gasteiger partial charge < -0.3 is 5.73 Å². The van der Waals surface area contributed by atoms with Gasteiger partial charge in [0.05, 0.1) is 11.9 Å². The summed E-state index contributed by atoms with van der Waals surface area (Å²) in [6.45, 7) is 0.585. The van der Waals surface area contributed by atoms with Gasteiger partial charge in [0.2, 0.25) is 0 Å². The molecule has 0 bridgehead atoms. The molecule has 0 atom stereocenters. The lowest BCUT2D eigenvalue weighted by Crippen LogP contribution is -2.11. The van der Waals surface area contributed by atoms with Gasteiger partial charge >= 0.3 is 0 Å². The average Bonchev–Trinajstić information content (AvgIpc) is 2.67. The van der Waals surface area contributed by atoms with Crippen molar-refractivity contribution in [1.29, 1.82) is 0 Å². The number of nitrogens with two attached hydrogens (primary N) is 1. The lowest BCUT2D eigenvalue weighted by molar-refractivity contribution is 0.356. The highest BCUT2D eigenvalue weighted by atomic mass is 15.1. The molecule has 1 aliphatic carbocycles. The Bertz CT molecular complexity index is 274. The van der Waals surface area contributed by atoms with E-state index < -0.39 is 0 Å². The predicted octanol–water partition coefficient (Wildman–Crippen LogP) is 1.99. The Hall–Kier alpha value is -0.830. The maximum Gasteiger partial charge on any atom is 0.0522 e. The second-order valence-electron chi connectivity index (χ2n) is 4.29. The van der Waals surface area contributed by atoms with Crippen LogP contribution >= 0.6 is 0 Å². The molecule has 0 unspecified atom stereocenters. The molecule has 1 saturated carbocycles. The van der Waals surface area contributed by atoms with Gasteiger partial charge in [0.15, 0.2) is 0 Å². The predicted molar refractivity (Wildman–Crippen MR) is 56.8 cm³/mol. The Morgan fingerprint density at radius 2 is 2.14 bits per heavy atom. The van der Waals surface area contributed by atoms with E-state index in [4.69, 9.17) is 5.73 Å². The van der Waals surface area contributed by atoms with Crippen molar-refractivity contribution in [1.82, 2.24) is 10.2 Å². The van der Waals surface area contributed by atoms with Gasteiger partial charge in [-0.3, -0.25) is 5.10 Å². The van der Waals surface area contributed by atoms with Crippen LogP contribution in [0.4, 0.5) is 0 Å². The van der Waals surface area contributed by atoms with Crippen molar-refractivity contribution < 1.29 is 0 Å². The molecular formula is C11H19N3. The second kappa shape index (κ2) is 4.60. The van der Waals surface area contributed by atoms with E-state index in [9.17, 15) is 0 Å². The Morgan fingerprint density at radius 1 is 1.36 bits per heavy atom. The van der Waals surface area contributed by atoms with Crippen molar-refractivity contribution in [2.75, 3.05) is 0 Å². The molecule has 2 rings (SSSR count). The average molecular weight is 193 g/mol. The molecular weight excluding hydrogens is 174 g/mol. The van der Waals surface area contributed by atoms with E-state index >= 15 is 0 Å². The van der Waals surface area contributed by atoms with Crippen molar-refractivity contribution in [3.05, 3.63) is 17.5 Å². The van der Waals surface area contributed by atoms with Crippen LogP contribution in [-0.4, -0.2) is 10.2 Å². The van der Waals surface area contributed by atoms with Crippen LogP contribution in [0.2, 0.25) is 0 Å². The summed E-state index contributed by atoms with van der Waals surface area (Å²) in [6, 6.07) is 0.